The molecular formula is C15H14ClN3O5S. The van der Waals surface area contributed by atoms with Crippen LogP contribution < -0.4 is 10.5 Å². The molecule has 4 N–H and O–H groups in total. The molecule has 0 fully saturated rings. The number of ether oxygens (including phenoxy) is 1. The number of hydrogen-bond donors (Lipinski definition) is 3. The number of carboxylic acids is 1. The molecule has 1 amide bonds. The van der Waals surface area contributed by atoms with Crippen molar-refractivity contribution in [2.45, 2.75) is 12.5 Å². The van der Waals surface area contributed by atoms with Crippen LogP contribution in [0.25, 0.3) is 0 Å². The van der Waals surface area contributed by atoms with Gasteiger partial charge in [-0.2, -0.15) is 0 Å². The second kappa shape index (κ2) is 6.77. The van der Waals surface area contributed by atoms with E-state index in [1.807, 2.05) is 0 Å². The zero-order valence-corrected chi connectivity index (χ0v) is 14.4. The zero-order chi connectivity index (χ0) is 18.1. The number of aliphatic carboxylic acids is 1. The maximum Gasteiger partial charge on any atom is 0.408 e. The normalized spacial score (nSPS) is 16.4. The van der Waals surface area contributed by atoms with Crippen LogP contribution in [0.5, 0.6) is 5.75 Å². The highest BCUT2D eigenvalue weighted by Crippen LogP contribution is 2.43. The molecule has 8 nitrogen and oxygen atoms in total. The molecule has 0 aliphatic carbocycles. The van der Waals surface area contributed by atoms with E-state index in [4.69, 9.17) is 27.2 Å². The zero-order valence-electron chi connectivity index (χ0n) is 12.8. The van der Waals surface area contributed by atoms with E-state index < -0.39 is 24.7 Å². The lowest BCUT2D eigenvalue weighted by Gasteiger charge is -2.33. The number of benzene rings is 1. The van der Waals surface area contributed by atoms with Crippen molar-refractivity contribution < 1.29 is 24.5 Å². The molecule has 1 unspecified atom stereocenters. The summed E-state index contributed by atoms with van der Waals surface area (Å²) in [7, 11) is 0. The minimum atomic E-state index is -1.14. The molecule has 0 radical (unpaired) electrons. The predicted octanol–water partition coefficient (Wildman–Crippen LogP) is 2.47. The Bertz CT molecular complexity index is 841. The molecule has 10 heteroatoms. The van der Waals surface area contributed by atoms with Crippen LogP contribution in [0.1, 0.15) is 22.2 Å². The van der Waals surface area contributed by atoms with Gasteiger partial charge in [-0.05, 0) is 18.2 Å². The number of carbonyl (C=O) groups is 2. The summed E-state index contributed by atoms with van der Waals surface area (Å²) in [6.07, 6.45) is -0.649. The molecule has 3 rings (SSSR count). The average molecular weight is 384 g/mol. The summed E-state index contributed by atoms with van der Waals surface area (Å²) in [5.74, 6) is -0.884. The Morgan fingerprint density at radius 1 is 1.44 bits per heavy atom. The molecule has 1 aliphatic rings. The van der Waals surface area contributed by atoms with Crippen molar-refractivity contribution in [1.82, 2.24) is 9.88 Å². The van der Waals surface area contributed by atoms with Crippen molar-refractivity contribution in [1.29, 1.82) is 0 Å². The summed E-state index contributed by atoms with van der Waals surface area (Å²) in [4.78, 5) is 28.7. The van der Waals surface area contributed by atoms with E-state index in [0.717, 1.165) is 5.69 Å². The average Bonchev–Trinajstić information content (AvgIpc) is 2.92. The number of anilines is 1. The van der Waals surface area contributed by atoms with Gasteiger partial charge in [0.15, 0.2) is 11.7 Å². The molecule has 0 saturated carbocycles. The molecule has 0 bridgehead atoms. The quantitative estimate of drug-likeness (QED) is 0.740. The standard InChI is InChI=1S/C15H14ClN3O5S/c16-7-1-2-10(24-6-11(20)21)8(5-7)12-13-9(18-14(17)25-13)3-4-19(12)15(22)23/h1-2,5,12H,3-4,6H2,(H2,17,18)(H,20,21)(H,22,23). The number of nitrogens with two attached hydrogens (primary N) is 1. The van der Waals surface area contributed by atoms with Crippen LogP contribution in [0.3, 0.4) is 0 Å². The first-order valence-corrected chi connectivity index (χ1v) is 8.45. The number of aromatic nitrogens is 1. The van der Waals surface area contributed by atoms with Crippen LogP contribution in [0, 0.1) is 0 Å². The number of carboxylic acid groups (broad SMARTS) is 2. The molecular weight excluding hydrogens is 370 g/mol. The lowest BCUT2D eigenvalue weighted by Crippen LogP contribution is -2.39. The minimum absolute atomic E-state index is 0.237. The summed E-state index contributed by atoms with van der Waals surface area (Å²) in [5, 5.41) is 19.2. The van der Waals surface area contributed by atoms with E-state index >= 15 is 0 Å². The van der Waals surface area contributed by atoms with E-state index in [0.29, 0.717) is 27.0 Å². The smallest absolute Gasteiger partial charge is 0.408 e. The number of rotatable bonds is 4. The van der Waals surface area contributed by atoms with Crippen LogP contribution in [0.2, 0.25) is 5.02 Å². The summed E-state index contributed by atoms with van der Waals surface area (Å²) < 4.78 is 5.33. The minimum Gasteiger partial charge on any atom is -0.482 e. The van der Waals surface area contributed by atoms with Crippen molar-refractivity contribution >= 4 is 40.1 Å². The van der Waals surface area contributed by atoms with Gasteiger partial charge in [0, 0.05) is 23.6 Å². The molecule has 1 aromatic carbocycles. The Kier molecular flexibility index (Phi) is 4.69. The number of hydrogen-bond acceptors (Lipinski definition) is 6. The third kappa shape index (κ3) is 3.47. The number of amides is 1. The summed E-state index contributed by atoms with van der Waals surface area (Å²) in [6, 6.07) is 3.94. The maximum absolute atomic E-state index is 11.7. The first-order valence-electron chi connectivity index (χ1n) is 7.25. The van der Waals surface area contributed by atoms with Crippen LogP contribution in [0.15, 0.2) is 18.2 Å². The number of halogens is 1. The Labute approximate surface area is 151 Å². The largest absolute Gasteiger partial charge is 0.482 e. The fourth-order valence-electron chi connectivity index (χ4n) is 2.79. The van der Waals surface area contributed by atoms with Crippen molar-refractivity contribution in [3.05, 3.63) is 39.4 Å². The molecule has 132 valence electrons. The molecule has 1 aromatic heterocycles. The summed E-state index contributed by atoms with van der Waals surface area (Å²) in [6.45, 7) is -0.312. The maximum atomic E-state index is 11.7. The van der Waals surface area contributed by atoms with Gasteiger partial charge in [0.05, 0.1) is 10.6 Å². The van der Waals surface area contributed by atoms with E-state index in [2.05, 4.69) is 4.98 Å². The second-order valence-corrected chi connectivity index (χ2v) is 6.85. The van der Waals surface area contributed by atoms with Crippen molar-refractivity contribution in [2.24, 2.45) is 0 Å². The predicted molar refractivity (Wildman–Crippen MR) is 91.4 cm³/mol. The number of nitrogen functional groups attached to an aromatic ring is 1. The third-order valence-electron chi connectivity index (χ3n) is 3.76. The van der Waals surface area contributed by atoms with Gasteiger partial charge >= 0.3 is 12.1 Å². The molecule has 1 aliphatic heterocycles. The van der Waals surface area contributed by atoms with E-state index in [1.165, 1.54) is 22.3 Å². The topological polar surface area (TPSA) is 126 Å². The highest BCUT2D eigenvalue weighted by atomic mass is 35.5. The van der Waals surface area contributed by atoms with Crippen LogP contribution in [-0.2, 0) is 11.2 Å². The third-order valence-corrected chi connectivity index (χ3v) is 4.97. The van der Waals surface area contributed by atoms with Crippen molar-refractivity contribution in [3.63, 3.8) is 0 Å². The van der Waals surface area contributed by atoms with Gasteiger partial charge in [0.1, 0.15) is 11.8 Å². The van der Waals surface area contributed by atoms with E-state index in [1.54, 1.807) is 12.1 Å². The molecule has 0 spiro atoms. The van der Waals surface area contributed by atoms with Crippen LogP contribution in [-0.4, -0.2) is 45.3 Å². The first-order chi connectivity index (χ1) is 11.9. The van der Waals surface area contributed by atoms with Gasteiger partial charge in [-0.15, -0.1) is 0 Å². The Morgan fingerprint density at radius 2 is 2.20 bits per heavy atom. The summed E-state index contributed by atoms with van der Waals surface area (Å²) in [5.41, 5.74) is 6.98. The fourth-order valence-corrected chi connectivity index (χ4v) is 3.98. The lowest BCUT2D eigenvalue weighted by atomic mass is 9.97. The summed E-state index contributed by atoms with van der Waals surface area (Å²) >= 11 is 7.28. The number of nitrogens with zero attached hydrogens (tertiary/aromatic N) is 2. The van der Waals surface area contributed by atoms with Crippen molar-refractivity contribution in [2.75, 3.05) is 18.9 Å². The first kappa shape index (κ1) is 17.3. The van der Waals surface area contributed by atoms with Gasteiger partial charge in [-0.3, -0.25) is 4.90 Å². The molecule has 0 saturated heterocycles. The monoisotopic (exact) mass is 383 g/mol. The molecule has 2 aromatic rings. The fraction of sp³-hybridized carbons (Fsp3) is 0.267. The van der Waals surface area contributed by atoms with Crippen molar-refractivity contribution in [3.8, 4) is 5.75 Å². The Balaban J connectivity index is 2.12. The number of thiazole rings is 1. The molecule has 25 heavy (non-hydrogen) atoms. The SMILES string of the molecule is Nc1nc2c(s1)C(c1cc(Cl)ccc1OCC(=O)O)N(C(=O)O)CC2. The molecule has 1 atom stereocenters. The lowest BCUT2D eigenvalue weighted by molar-refractivity contribution is -0.139. The van der Waals surface area contributed by atoms with E-state index in [-0.39, 0.29) is 12.3 Å². The van der Waals surface area contributed by atoms with Gasteiger partial charge in [-0.1, -0.05) is 22.9 Å². The highest BCUT2D eigenvalue weighted by Gasteiger charge is 2.36. The van der Waals surface area contributed by atoms with Crippen LogP contribution >= 0.6 is 22.9 Å². The Morgan fingerprint density at radius 3 is 2.88 bits per heavy atom. The van der Waals surface area contributed by atoms with Gasteiger partial charge in [0.25, 0.3) is 0 Å². The van der Waals surface area contributed by atoms with E-state index in [9.17, 15) is 14.7 Å². The van der Waals surface area contributed by atoms with Crippen LogP contribution in [0.4, 0.5) is 9.93 Å². The Hall–Kier alpha value is -2.52. The second-order valence-electron chi connectivity index (χ2n) is 5.36. The van der Waals surface area contributed by atoms with Gasteiger partial charge in [-0.25, -0.2) is 14.6 Å². The molecule has 2 heterocycles. The van der Waals surface area contributed by atoms with Gasteiger partial charge < -0.3 is 20.7 Å². The van der Waals surface area contributed by atoms with Gasteiger partial charge in [0.2, 0.25) is 0 Å². The number of fused-ring (bicyclic) bond motifs is 1. The highest BCUT2D eigenvalue weighted by molar-refractivity contribution is 7.15.